The first-order valence-electron chi connectivity index (χ1n) is 10.4. The molecule has 1 aliphatic heterocycles. The van der Waals surface area contributed by atoms with Gasteiger partial charge in [-0.05, 0) is 31.0 Å². The lowest BCUT2D eigenvalue weighted by Crippen LogP contribution is -2.21. The number of thiazole rings is 1. The first kappa shape index (κ1) is 21.6. The van der Waals surface area contributed by atoms with Gasteiger partial charge < -0.3 is 4.90 Å². The second-order valence-corrected chi connectivity index (χ2v) is 9.18. The lowest BCUT2D eigenvalue weighted by molar-refractivity contribution is 0.0984. The molecule has 12 heteroatoms. The molecule has 8 nitrogen and oxygen atoms in total. The summed E-state index contributed by atoms with van der Waals surface area (Å²) in [5.74, 6) is 0.238. The van der Waals surface area contributed by atoms with Crippen LogP contribution in [0.3, 0.4) is 0 Å². The molecule has 0 amide bonds. The van der Waals surface area contributed by atoms with Crippen molar-refractivity contribution in [1.82, 2.24) is 29.4 Å². The highest BCUT2D eigenvalue weighted by Gasteiger charge is 2.26. The molecule has 0 spiro atoms. The molecule has 0 aliphatic carbocycles. The van der Waals surface area contributed by atoms with Gasteiger partial charge in [-0.25, -0.2) is 22.7 Å². The molecule has 1 fully saturated rings. The molecular formula is C21H20F3N7OS. The average Bonchev–Trinajstić information content (AvgIpc) is 3.53. The summed E-state index contributed by atoms with van der Waals surface area (Å²) in [5, 5.41) is 8.89. The third kappa shape index (κ3) is 3.99. The van der Waals surface area contributed by atoms with Crippen LogP contribution in [0.15, 0.2) is 24.5 Å². The highest BCUT2D eigenvalue weighted by atomic mass is 32.1. The highest BCUT2D eigenvalue weighted by Crippen LogP contribution is 2.34. The van der Waals surface area contributed by atoms with E-state index in [2.05, 4.69) is 20.2 Å². The Hall–Kier alpha value is -3.28. The van der Waals surface area contributed by atoms with Crippen molar-refractivity contribution in [2.24, 2.45) is 7.05 Å². The summed E-state index contributed by atoms with van der Waals surface area (Å²) in [5.41, 5.74) is 1.73. The lowest BCUT2D eigenvalue weighted by Gasteiger charge is -2.10. The molecule has 0 N–H and O–H groups in total. The standard InChI is InChI=1S/C21H20F3N7OS/c1-11-17(19(23)24)27-20(33-11)14-9-25-29(2)18(14)15(32)7-12-3-6-31-16(8-12)26-21(28-31)30-5-4-13(22)10-30/h3,6,8-9,13,19H,4-5,7,10H2,1-2H3/t13-/m0/s1. The molecule has 1 aliphatic rings. The summed E-state index contributed by atoms with van der Waals surface area (Å²) < 4.78 is 42.9. The van der Waals surface area contributed by atoms with Gasteiger partial charge in [0.15, 0.2) is 11.4 Å². The molecule has 0 aromatic carbocycles. The molecular weight excluding hydrogens is 455 g/mol. The lowest BCUT2D eigenvalue weighted by atomic mass is 10.1. The number of alkyl halides is 3. The molecule has 4 aromatic rings. The van der Waals surface area contributed by atoms with Gasteiger partial charge >= 0.3 is 0 Å². The third-order valence-corrected chi connectivity index (χ3v) is 6.66. The minimum Gasteiger partial charge on any atom is -0.336 e. The molecule has 0 radical (unpaired) electrons. The topological polar surface area (TPSA) is 81.2 Å². The van der Waals surface area contributed by atoms with Crippen LogP contribution in [0.5, 0.6) is 0 Å². The first-order chi connectivity index (χ1) is 15.8. The molecule has 5 heterocycles. The zero-order valence-electron chi connectivity index (χ0n) is 17.9. The zero-order chi connectivity index (χ0) is 23.3. The predicted octanol–water partition coefficient (Wildman–Crippen LogP) is 3.81. The van der Waals surface area contributed by atoms with Crippen molar-refractivity contribution in [3.63, 3.8) is 0 Å². The Morgan fingerprint density at radius 1 is 1.33 bits per heavy atom. The minimum atomic E-state index is -2.68. The third-order valence-electron chi connectivity index (χ3n) is 5.64. The number of carbonyl (C=O) groups is 1. The number of hydrogen-bond acceptors (Lipinski definition) is 7. The molecule has 0 bridgehead atoms. The molecule has 5 rings (SSSR count). The van der Waals surface area contributed by atoms with Crippen LogP contribution >= 0.6 is 11.3 Å². The number of carbonyl (C=O) groups excluding carboxylic acids is 1. The fraction of sp³-hybridized carbons (Fsp3) is 0.381. The summed E-state index contributed by atoms with van der Waals surface area (Å²) in [6.07, 6.45) is 0.148. The number of pyridine rings is 1. The number of rotatable bonds is 6. The largest absolute Gasteiger partial charge is 0.336 e. The Kier molecular flexibility index (Phi) is 5.39. The first-order valence-corrected chi connectivity index (χ1v) is 11.2. The van der Waals surface area contributed by atoms with E-state index in [9.17, 15) is 18.0 Å². The van der Waals surface area contributed by atoms with Crippen LogP contribution in [0.2, 0.25) is 0 Å². The number of ketones is 1. The molecule has 0 unspecified atom stereocenters. The van der Waals surface area contributed by atoms with Crippen molar-refractivity contribution in [1.29, 1.82) is 0 Å². The van der Waals surface area contributed by atoms with E-state index in [1.807, 2.05) is 0 Å². The van der Waals surface area contributed by atoms with Gasteiger partial charge in [0.1, 0.15) is 22.6 Å². The molecule has 1 saturated heterocycles. The Bertz CT molecular complexity index is 1350. The van der Waals surface area contributed by atoms with Crippen LogP contribution in [0.25, 0.3) is 16.2 Å². The molecule has 1 atom stereocenters. The summed E-state index contributed by atoms with van der Waals surface area (Å²) in [7, 11) is 1.63. The number of anilines is 1. The quantitative estimate of drug-likeness (QED) is 0.395. The maximum absolute atomic E-state index is 13.5. The Morgan fingerprint density at radius 2 is 2.15 bits per heavy atom. The summed E-state index contributed by atoms with van der Waals surface area (Å²) in [4.78, 5) is 23.9. The maximum Gasteiger partial charge on any atom is 0.281 e. The SMILES string of the molecule is Cc1sc(-c2cnn(C)c2C(=O)Cc2ccn3nc(N4CC[C@H](F)C4)nc3c2)nc1C(F)F. The van der Waals surface area contributed by atoms with Gasteiger partial charge in [0.05, 0.1) is 18.3 Å². The van der Waals surface area contributed by atoms with Crippen LogP contribution in [-0.4, -0.2) is 54.4 Å². The average molecular weight is 476 g/mol. The fourth-order valence-corrected chi connectivity index (χ4v) is 4.91. The molecule has 0 saturated carbocycles. The molecule has 172 valence electrons. The second kappa shape index (κ2) is 8.25. The Balaban J connectivity index is 1.41. The van der Waals surface area contributed by atoms with Crippen molar-refractivity contribution < 1.29 is 18.0 Å². The van der Waals surface area contributed by atoms with E-state index in [0.29, 0.717) is 51.3 Å². The van der Waals surface area contributed by atoms with Crippen LogP contribution in [0.4, 0.5) is 19.1 Å². The number of nitrogens with zero attached hydrogens (tertiary/aromatic N) is 7. The van der Waals surface area contributed by atoms with Crippen molar-refractivity contribution in [3.05, 3.63) is 46.4 Å². The van der Waals surface area contributed by atoms with Gasteiger partial charge in [-0.3, -0.25) is 9.48 Å². The number of halogens is 3. The predicted molar refractivity (Wildman–Crippen MR) is 117 cm³/mol. The number of aromatic nitrogens is 6. The molecule has 33 heavy (non-hydrogen) atoms. The summed E-state index contributed by atoms with van der Waals surface area (Å²) >= 11 is 1.11. The maximum atomic E-state index is 13.5. The van der Waals surface area contributed by atoms with Crippen LogP contribution in [-0.2, 0) is 13.5 Å². The van der Waals surface area contributed by atoms with Gasteiger partial charge in [0, 0.05) is 31.1 Å². The van der Waals surface area contributed by atoms with E-state index >= 15 is 0 Å². The number of fused-ring (bicyclic) bond motifs is 1. The Labute approximate surface area is 190 Å². The van der Waals surface area contributed by atoms with E-state index in [1.54, 1.807) is 41.7 Å². The molecule has 4 aromatic heterocycles. The zero-order valence-corrected chi connectivity index (χ0v) is 18.7. The second-order valence-electron chi connectivity index (χ2n) is 7.97. The fourth-order valence-electron chi connectivity index (χ4n) is 3.97. The van der Waals surface area contributed by atoms with E-state index < -0.39 is 12.6 Å². The normalized spacial score (nSPS) is 16.4. The van der Waals surface area contributed by atoms with Crippen molar-refractivity contribution in [3.8, 4) is 10.6 Å². The van der Waals surface area contributed by atoms with Gasteiger partial charge in [0.25, 0.3) is 6.43 Å². The van der Waals surface area contributed by atoms with Crippen molar-refractivity contribution in [2.75, 3.05) is 18.0 Å². The van der Waals surface area contributed by atoms with Crippen LogP contribution < -0.4 is 4.90 Å². The van der Waals surface area contributed by atoms with Gasteiger partial charge in [0.2, 0.25) is 5.95 Å². The monoisotopic (exact) mass is 475 g/mol. The van der Waals surface area contributed by atoms with Crippen LogP contribution in [0, 0.1) is 6.92 Å². The van der Waals surface area contributed by atoms with E-state index in [4.69, 9.17) is 0 Å². The minimum absolute atomic E-state index is 0.0631. The highest BCUT2D eigenvalue weighted by molar-refractivity contribution is 7.15. The van der Waals surface area contributed by atoms with Gasteiger partial charge in [-0.2, -0.15) is 10.1 Å². The van der Waals surface area contributed by atoms with Crippen molar-refractivity contribution in [2.45, 2.75) is 32.4 Å². The number of Topliss-reactive ketones (excluding diaryl/α,β-unsaturated/α-hetero) is 1. The Morgan fingerprint density at radius 3 is 2.85 bits per heavy atom. The summed E-state index contributed by atoms with van der Waals surface area (Å²) in [6, 6.07) is 3.53. The smallest absolute Gasteiger partial charge is 0.281 e. The van der Waals surface area contributed by atoms with Crippen molar-refractivity contribution >= 4 is 28.7 Å². The van der Waals surface area contributed by atoms with E-state index in [0.717, 1.165) is 11.3 Å². The van der Waals surface area contributed by atoms with E-state index in [1.165, 1.54) is 10.9 Å². The van der Waals surface area contributed by atoms with Gasteiger partial charge in [-0.1, -0.05) is 0 Å². The van der Waals surface area contributed by atoms with Gasteiger partial charge in [-0.15, -0.1) is 16.4 Å². The summed E-state index contributed by atoms with van der Waals surface area (Å²) in [6.45, 7) is 2.42. The van der Waals surface area contributed by atoms with Crippen LogP contribution in [0.1, 0.15) is 39.5 Å². The number of hydrogen-bond donors (Lipinski definition) is 0. The van der Waals surface area contributed by atoms with E-state index in [-0.39, 0.29) is 24.4 Å². The number of aryl methyl sites for hydroxylation is 2.